The highest BCUT2D eigenvalue weighted by atomic mass is 28.4. The zero-order chi connectivity index (χ0) is 20.2. The molecule has 0 spiro atoms. The Kier molecular flexibility index (Phi) is 5.05. The lowest BCUT2D eigenvalue weighted by molar-refractivity contribution is -0.235. The zero-order valence-corrected chi connectivity index (χ0v) is 18.2. The highest BCUT2D eigenvalue weighted by Gasteiger charge is 2.66. The minimum absolute atomic E-state index is 0.0478. The Morgan fingerprint density at radius 1 is 1.37 bits per heavy atom. The predicted octanol–water partition coefficient (Wildman–Crippen LogP) is 1.85. The molecule has 2 aliphatic heterocycles. The number of ether oxygens (including phenoxy) is 1. The number of hydrogen-bond acceptors (Lipinski definition) is 6. The van der Waals surface area contributed by atoms with E-state index < -0.39 is 31.4 Å². The number of morpholine rings is 1. The van der Waals surface area contributed by atoms with E-state index in [4.69, 9.17) is 14.0 Å². The topological polar surface area (TPSA) is 85.8 Å². The zero-order valence-electron chi connectivity index (χ0n) is 17.2. The van der Waals surface area contributed by atoms with Gasteiger partial charge in [0.15, 0.2) is 14.5 Å². The fraction of sp³-hybridized carbons (Fsp3) is 0.778. The van der Waals surface area contributed by atoms with Gasteiger partial charge in [0.05, 0.1) is 19.8 Å². The molecule has 2 saturated heterocycles. The molecule has 2 fully saturated rings. The number of nitrogens with one attached hydrogen (secondary N) is 1. The molecule has 4 atom stereocenters. The van der Waals surface area contributed by atoms with Crippen molar-refractivity contribution in [2.45, 2.75) is 76.2 Å². The molecular weight excluding hydrogens is 366 g/mol. The predicted molar refractivity (Wildman–Crippen MR) is 104 cm³/mol. The van der Waals surface area contributed by atoms with Crippen LogP contribution in [0.2, 0.25) is 18.1 Å². The average molecular weight is 398 g/mol. The Balaban J connectivity index is 2.04. The number of nitrogens with zero attached hydrogens (tertiary/aromatic N) is 2. The second kappa shape index (κ2) is 6.66. The van der Waals surface area contributed by atoms with Crippen molar-refractivity contribution in [3.05, 3.63) is 33.1 Å². The van der Waals surface area contributed by atoms with Crippen LogP contribution in [-0.2, 0) is 14.0 Å². The van der Waals surface area contributed by atoms with Gasteiger partial charge < -0.3 is 14.0 Å². The molecule has 27 heavy (non-hydrogen) atoms. The van der Waals surface area contributed by atoms with Crippen LogP contribution in [0.25, 0.3) is 0 Å². The van der Waals surface area contributed by atoms with E-state index in [1.165, 1.54) is 16.8 Å². The number of aromatic amines is 1. The van der Waals surface area contributed by atoms with E-state index in [0.717, 1.165) is 6.42 Å². The van der Waals surface area contributed by atoms with Crippen LogP contribution in [0.4, 0.5) is 0 Å². The molecule has 0 aromatic carbocycles. The smallest absolute Gasteiger partial charge is 0.330 e. The molecule has 152 valence electrons. The number of fused-ring (bicyclic) bond motifs is 2. The minimum atomic E-state index is -2.08. The summed E-state index contributed by atoms with van der Waals surface area (Å²) in [5, 5.41) is 1.90. The van der Waals surface area contributed by atoms with Crippen molar-refractivity contribution in [3.63, 3.8) is 0 Å². The first-order valence-corrected chi connectivity index (χ1v) is 12.3. The van der Waals surface area contributed by atoms with Crippen molar-refractivity contribution in [3.8, 4) is 0 Å². The third-order valence-corrected chi connectivity index (χ3v) is 10.9. The van der Waals surface area contributed by atoms with E-state index in [2.05, 4.69) is 45.8 Å². The van der Waals surface area contributed by atoms with Crippen LogP contribution < -0.4 is 11.2 Å². The molecular formula is C18H31N3O5Si. The van der Waals surface area contributed by atoms with Gasteiger partial charge in [-0.2, -0.15) is 5.06 Å². The van der Waals surface area contributed by atoms with Crippen molar-refractivity contribution in [2.75, 3.05) is 13.7 Å². The fourth-order valence-electron chi connectivity index (χ4n) is 3.73. The van der Waals surface area contributed by atoms with Crippen LogP contribution in [0, 0.1) is 0 Å². The summed E-state index contributed by atoms with van der Waals surface area (Å²) in [6.45, 7) is 13.7. The van der Waals surface area contributed by atoms with Crippen molar-refractivity contribution in [1.29, 1.82) is 0 Å². The molecule has 0 radical (unpaired) electrons. The molecule has 3 rings (SSSR count). The molecule has 0 unspecified atom stereocenters. The summed E-state index contributed by atoms with van der Waals surface area (Å²) in [6.07, 6.45) is 1.41. The number of hydroxylamine groups is 2. The van der Waals surface area contributed by atoms with E-state index in [-0.39, 0.29) is 17.2 Å². The van der Waals surface area contributed by atoms with Gasteiger partial charge in [0.25, 0.3) is 5.56 Å². The first kappa shape index (κ1) is 20.5. The van der Waals surface area contributed by atoms with E-state index in [0.29, 0.717) is 6.54 Å². The van der Waals surface area contributed by atoms with Crippen LogP contribution in [0.15, 0.2) is 21.9 Å². The SMILES string of the molecule is CC[C@@]12CN(OC)[C@@H]([C@H](n3ccc(=O)[nH]c3=O)O1)[C@@H]2O[Si](C)(C)C(C)(C)C. The Morgan fingerprint density at radius 3 is 2.56 bits per heavy atom. The third-order valence-electron chi connectivity index (χ3n) is 6.42. The minimum Gasteiger partial charge on any atom is -0.409 e. The number of hydrogen-bond donors (Lipinski definition) is 1. The summed E-state index contributed by atoms with van der Waals surface area (Å²) < 4.78 is 14.6. The second-order valence-electron chi connectivity index (χ2n) is 8.99. The lowest BCUT2D eigenvalue weighted by atomic mass is 9.96. The van der Waals surface area contributed by atoms with Crippen molar-refractivity contribution in [1.82, 2.24) is 14.6 Å². The van der Waals surface area contributed by atoms with Gasteiger partial charge in [0.1, 0.15) is 11.6 Å². The Labute approximate surface area is 160 Å². The Hall–Kier alpha value is -1.26. The maximum absolute atomic E-state index is 12.4. The highest BCUT2D eigenvalue weighted by molar-refractivity contribution is 6.74. The summed E-state index contributed by atoms with van der Waals surface area (Å²) in [6, 6.07) is 1.06. The molecule has 2 aliphatic rings. The molecule has 1 aromatic heterocycles. The van der Waals surface area contributed by atoms with Crippen LogP contribution in [-0.4, -0.2) is 54.3 Å². The Bertz CT molecular complexity index is 814. The average Bonchev–Trinajstić information content (AvgIpc) is 3.02. The molecule has 0 saturated carbocycles. The van der Waals surface area contributed by atoms with E-state index in [1.807, 2.05) is 5.06 Å². The lowest BCUT2D eigenvalue weighted by Crippen LogP contribution is -2.51. The van der Waals surface area contributed by atoms with Gasteiger partial charge >= 0.3 is 5.69 Å². The van der Waals surface area contributed by atoms with Crippen molar-refractivity contribution in [2.24, 2.45) is 0 Å². The summed E-state index contributed by atoms with van der Waals surface area (Å²) >= 11 is 0. The van der Waals surface area contributed by atoms with E-state index in [9.17, 15) is 9.59 Å². The molecule has 9 heteroatoms. The molecule has 1 aromatic rings. The maximum Gasteiger partial charge on any atom is 0.330 e. The van der Waals surface area contributed by atoms with Crippen LogP contribution in [0.5, 0.6) is 0 Å². The van der Waals surface area contributed by atoms with E-state index >= 15 is 0 Å². The largest absolute Gasteiger partial charge is 0.409 e. The number of rotatable bonds is 5. The normalized spacial score (nSPS) is 31.6. The molecule has 2 bridgehead atoms. The molecule has 3 heterocycles. The van der Waals surface area contributed by atoms with Gasteiger partial charge in [-0.25, -0.2) is 4.79 Å². The van der Waals surface area contributed by atoms with Crippen molar-refractivity contribution < 1.29 is 14.0 Å². The van der Waals surface area contributed by atoms with Gasteiger partial charge in [0.2, 0.25) is 0 Å². The van der Waals surface area contributed by atoms with Gasteiger partial charge in [-0.3, -0.25) is 14.3 Å². The number of H-pyrrole nitrogens is 1. The van der Waals surface area contributed by atoms with Gasteiger partial charge in [-0.1, -0.05) is 27.7 Å². The van der Waals surface area contributed by atoms with Gasteiger partial charge in [-0.15, -0.1) is 0 Å². The van der Waals surface area contributed by atoms with Crippen LogP contribution in [0.1, 0.15) is 40.3 Å². The van der Waals surface area contributed by atoms with Crippen LogP contribution >= 0.6 is 0 Å². The quantitative estimate of drug-likeness (QED) is 0.763. The monoisotopic (exact) mass is 397 g/mol. The van der Waals surface area contributed by atoms with E-state index in [1.54, 1.807) is 7.11 Å². The molecule has 8 nitrogen and oxygen atoms in total. The van der Waals surface area contributed by atoms with Crippen LogP contribution in [0.3, 0.4) is 0 Å². The molecule has 0 amide bonds. The summed E-state index contributed by atoms with van der Waals surface area (Å²) in [4.78, 5) is 31.8. The summed E-state index contributed by atoms with van der Waals surface area (Å²) in [7, 11) is -0.455. The van der Waals surface area contributed by atoms with Gasteiger partial charge in [0, 0.05) is 12.3 Å². The Morgan fingerprint density at radius 2 is 2.04 bits per heavy atom. The van der Waals surface area contributed by atoms with Gasteiger partial charge in [-0.05, 0) is 24.6 Å². The molecule has 1 N–H and O–H groups in total. The maximum atomic E-state index is 12.4. The first-order chi connectivity index (χ1) is 12.5. The third kappa shape index (κ3) is 3.25. The fourth-order valence-corrected chi connectivity index (χ4v) is 5.07. The highest BCUT2D eigenvalue weighted by Crippen LogP contribution is 2.51. The summed E-state index contributed by atoms with van der Waals surface area (Å²) in [5.74, 6) is 0. The lowest BCUT2D eigenvalue weighted by Gasteiger charge is -2.41. The van der Waals surface area contributed by atoms with Crippen molar-refractivity contribution >= 4 is 8.32 Å². The molecule has 0 aliphatic carbocycles. The first-order valence-electron chi connectivity index (χ1n) is 9.43. The number of aromatic nitrogens is 2. The standard InChI is InChI=1S/C18H31N3O5Si/c1-8-18-11-21(24-5)13(14(18)26-27(6,7)17(2,3)4)15(25-18)20-10-9-12(22)19-16(20)23/h9-10,13-15H,8,11H2,1-7H3,(H,19,22,23)/t13-,14+,15-,18+/m1/s1. The summed E-state index contributed by atoms with van der Waals surface area (Å²) in [5.41, 5.74) is -1.48. The second-order valence-corrected chi connectivity index (χ2v) is 13.7.